The molecule has 0 bridgehead atoms. The standard InChI is InChI=1S/C15H15ClN2O2/c1-3-20-14-7-10(2)13(8-12(14)16)18-15(19)11-5-4-6-17-9-11/h4-9H,3H2,1-2H3,(H,18,19). The van der Waals surface area contributed by atoms with Crippen LogP contribution in [-0.2, 0) is 0 Å². The average Bonchev–Trinajstić information content (AvgIpc) is 2.45. The molecule has 0 aliphatic heterocycles. The zero-order valence-corrected chi connectivity index (χ0v) is 12.1. The Hall–Kier alpha value is -2.07. The summed E-state index contributed by atoms with van der Waals surface area (Å²) in [5.74, 6) is 0.396. The monoisotopic (exact) mass is 290 g/mol. The van der Waals surface area contributed by atoms with Gasteiger partial charge in [0.05, 0.1) is 17.2 Å². The van der Waals surface area contributed by atoms with Gasteiger partial charge in [-0.25, -0.2) is 0 Å². The predicted molar refractivity (Wildman–Crippen MR) is 79.5 cm³/mol. The molecule has 0 unspecified atom stereocenters. The van der Waals surface area contributed by atoms with E-state index in [1.807, 2.05) is 19.9 Å². The number of carbonyl (C=O) groups is 1. The van der Waals surface area contributed by atoms with E-state index in [0.717, 1.165) is 5.56 Å². The molecule has 4 nitrogen and oxygen atoms in total. The number of rotatable bonds is 4. The molecular formula is C15H15ClN2O2. The van der Waals surface area contributed by atoms with Crippen molar-refractivity contribution in [2.24, 2.45) is 0 Å². The number of ether oxygens (including phenoxy) is 1. The van der Waals surface area contributed by atoms with Gasteiger partial charge in [0.15, 0.2) is 0 Å². The summed E-state index contributed by atoms with van der Waals surface area (Å²) in [6, 6.07) is 6.92. The highest BCUT2D eigenvalue weighted by molar-refractivity contribution is 6.32. The SMILES string of the molecule is CCOc1cc(C)c(NC(=O)c2cccnc2)cc1Cl. The summed E-state index contributed by atoms with van der Waals surface area (Å²) in [5.41, 5.74) is 2.04. The molecule has 2 rings (SSSR count). The zero-order chi connectivity index (χ0) is 14.5. The Labute approximate surface area is 122 Å². The Bertz CT molecular complexity index is 615. The number of pyridine rings is 1. The van der Waals surface area contributed by atoms with Crippen molar-refractivity contribution in [3.8, 4) is 5.75 Å². The van der Waals surface area contributed by atoms with Crippen molar-refractivity contribution in [1.29, 1.82) is 0 Å². The predicted octanol–water partition coefficient (Wildman–Crippen LogP) is 3.69. The van der Waals surface area contributed by atoms with Gasteiger partial charge in [-0.1, -0.05) is 11.6 Å². The summed E-state index contributed by atoms with van der Waals surface area (Å²) in [7, 11) is 0. The Balaban J connectivity index is 2.22. The molecule has 1 heterocycles. The number of halogens is 1. The fourth-order valence-electron chi connectivity index (χ4n) is 1.75. The van der Waals surface area contributed by atoms with Crippen LogP contribution in [-0.4, -0.2) is 17.5 Å². The third kappa shape index (κ3) is 3.27. The molecule has 0 aliphatic rings. The molecule has 0 spiro atoms. The Morgan fingerprint density at radius 2 is 2.25 bits per heavy atom. The van der Waals surface area contributed by atoms with E-state index < -0.39 is 0 Å². The minimum atomic E-state index is -0.221. The summed E-state index contributed by atoms with van der Waals surface area (Å²) >= 11 is 6.12. The number of carbonyl (C=O) groups excluding carboxylic acids is 1. The smallest absolute Gasteiger partial charge is 0.257 e. The fraction of sp³-hybridized carbons (Fsp3) is 0.200. The van der Waals surface area contributed by atoms with E-state index >= 15 is 0 Å². The van der Waals surface area contributed by atoms with Crippen LogP contribution in [0.15, 0.2) is 36.7 Å². The van der Waals surface area contributed by atoms with Crippen LogP contribution < -0.4 is 10.1 Å². The Morgan fingerprint density at radius 1 is 1.45 bits per heavy atom. The van der Waals surface area contributed by atoms with Crippen molar-refractivity contribution < 1.29 is 9.53 Å². The van der Waals surface area contributed by atoms with E-state index in [4.69, 9.17) is 16.3 Å². The highest BCUT2D eigenvalue weighted by Gasteiger charge is 2.11. The van der Waals surface area contributed by atoms with Crippen molar-refractivity contribution in [1.82, 2.24) is 4.98 Å². The molecular weight excluding hydrogens is 276 g/mol. The van der Waals surface area contributed by atoms with E-state index in [1.165, 1.54) is 6.20 Å². The van der Waals surface area contributed by atoms with E-state index in [0.29, 0.717) is 28.6 Å². The second-order valence-electron chi connectivity index (χ2n) is 4.23. The molecule has 0 atom stereocenters. The lowest BCUT2D eigenvalue weighted by atomic mass is 10.1. The maximum absolute atomic E-state index is 12.1. The summed E-state index contributed by atoms with van der Waals surface area (Å²) < 4.78 is 5.41. The third-order valence-electron chi connectivity index (χ3n) is 2.75. The molecule has 104 valence electrons. The van der Waals surface area contributed by atoms with Gasteiger partial charge in [0.25, 0.3) is 5.91 Å². The van der Waals surface area contributed by atoms with Crippen molar-refractivity contribution >= 4 is 23.2 Å². The second kappa shape index (κ2) is 6.39. The molecule has 1 aromatic carbocycles. The maximum atomic E-state index is 12.1. The number of aryl methyl sites for hydroxylation is 1. The molecule has 2 aromatic rings. The second-order valence-corrected chi connectivity index (χ2v) is 4.63. The van der Waals surface area contributed by atoms with E-state index in [-0.39, 0.29) is 5.91 Å². The molecule has 1 N–H and O–H groups in total. The lowest BCUT2D eigenvalue weighted by Crippen LogP contribution is -2.13. The highest BCUT2D eigenvalue weighted by Crippen LogP contribution is 2.31. The largest absolute Gasteiger partial charge is 0.492 e. The van der Waals surface area contributed by atoms with Crippen LogP contribution in [0.3, 0.4) is 0 Å². The number of hydrogen-bond donors (Lipinski definition) is 1. The van der Waals surface area contributed by atoms with Crippen LogP contribution in [0.1, 0.15) is 22.8 Å². The summed E-state index contributed by atoms with van der Waals surface area (Å²) in [5, 5.41) is 3.29. The molecule has 0 fully saturated rings. The lowest BCUT2D eigenvalue weighted by molar-refractivity contribution is 0.102. The van der Waals surface area contributed by atoms with Crippen molar-refractivity contribution in [3.63, 3.8) is 0 Å². The lowest BCUT2D eigenvalue weighted by Gasteiger charge is -2.12. The minimum absolute atomic E-state index is 0.221. The number of benzene rings is 1. The first-order chi connectivity index (χ1) is 9.61. The van der Waals surface area contributed by atoms with Crippen LogP contribution in [0.5, 0.6) is 5.75 Å². The topological polar surface area (TPSA) is 51.2 Å². The van der Waals surface area contributed by atoms with Gasteiger partial charge in [0.2, 0.25) is 0 Å². The Morgan fingerprint density at radius 3 is 2.90 bits per heavy atom. The van der Waals surface area contributed by atoms with Crippen LogP contribution in [0.25, 0.3) is 0 Å². The first-order valence-corrected chi connectivity index (χ1v) is 6.64. The summed E-state index contributed by atoms with van der Waals surface area (Å²) in [4.78, 5) is 16.0. The molecule has 20 heavy (non-hydrogen) atoms. The van der Waals surface area contributed by atoms with Crippen molar-refractivity contribution in [2.45, 2.75) is 13.8 Å². The van der Waals surface area contributed by atoms with Crippen LogP contribution in [0.4, 0.5) is 5.69 Å². The zero-order valence-electron chi connectivity index (χ0n) is 11.3. The number of anilines is 1. The fourth-order valence-corrected chi connectivity index (χ4v) is 1.97. The van der Waals surface area contributed by atoms with Gasteiger partial charge < -0.3 is 10.1 Å². The first kappa shape index (κ1) is 14.3. The van der Waals surface area contributed by atoms with Crippen LogP contribution >= 0.6 is 11.6 Å². The quantitative estimate of drug-likeness (QED) is 0.934. The molecule has 0 radical (unpaired) electrons. The number of nitrogens with zero attached hydrogens (tertiary/aromatic N) is 1. The molecule has 0 saturated heterocycles. The maximum Gasteiger partial charge on any atom is 0.257 e. The highest BCUT2D eigenvalue weighted by atomic mass is 35.5. The van der Waals surface area contributed by atoms with Crippen LogP contribution in [0.2, 0.25) is 5.02 Å². The minimum Gasteiger partial charge on any atom is -0.492 e. The van der Waals surface area contributed by atoms with Gasteiger partial charge in [0, 0.05) is 18.1 Å². The van der Waals surface area contributed by atoms with Gasteiger partial charge in [-0.15, -0.1) is 0 Å². The van der Waals surface area contributed by atoms with Gasteiger partial charge in [0.1, 0.15) is 5.75 Å². The molecule has 0 saturated carbocycles. The number of hydrogen-bond acceptors (Lipinski definition) is 3. The van der Waals surface area contributed by atoms with Crippen LogP contribution in [0, 0.1) is 6.92 Å². The van der Waals surface area contributed by atoms with Gasteiger partial charge in [-0.2, -0.15) is 0 Å². The molecule has 1 aromatic heterocycles. The average molecular weight is 291 g/mol. The normalized spacial score (nSPS) is 10.2. The van der Waals surface area contributed by atoms with Gasteiger partial charge >= 0.3 is 0 Å². The number of nitrogens with one attached hydrogen (secondary N) is 1. The molecule has 1 amide bonds. The Kier molecular flexibility index (Phi) is 4.58. The number of aromatic nitrogens is 1. The molecule has 5 heteroatoms. The van der Waals surface area contributed by atoms with E-state index in [2.05, 4.69) is 10.3 Å². The van der Waals surface area contributed by atoms with Crippen molar-refractivity contribution in [2.75, 3.05) is 11.9 Å². The van der Waals surface area contributed by atoms with Gasteiger partial charge in [-0.05, 0) is 43.7 Å². The first-order valence-electron chi connectivity index (χ1n) is 6.26. The number of amides is 1. The summed E-state index contributed by atoms with van der Waals surface area (Å²) in [6.07, 6.45) is 3.14. The van der Waals surface area contributed by atoms with E-state index in [1.54, 1.807) is 24.4 Å². The van der Waals surface area contributed by atoms with Gasteiger partial charge in [-0.3, -0.25) is 9.78 Å². The molecule has 0 aliphatic carbocycles. The summed E-state index contributed by atoms with van der Waals surface area (Å²) in [6.45, 7) is 4.32. The third-order valence-corrected chi connectivity index (χ3v) is 3.05. The van der Waals surface area contributed by atoms with Crippen molar-refractivity contribution in [3.05, 3.63) is 52.8 Å². The van der Waals surface area contributed by atoms with E-state index in [9.17, 15) is 4.79 Å².